The van der Waals surface area contributed by atoms with Crippen LogP contribution in [-0.4, -0.2) is 69.8 Å². The highest BCUT2D eigenvalue weighted by Gasteiger charge is 2.18. The van der Waals surface area contributed by atoms with Crippen molar-refractivity contribution in [2.24, 2.45) is 0 Å². The third kappa shape index (κ3) is 5.33. The molecule has 1 aliphatic rings. The molecule has 0 saturated carbocycles. The Hall–Kier alpha value is -0.170. The van der Waals surface area contributed by atoms with Crippen LogP contribution < -0.4 is 0 Å². The minimum absolute atomic E-state index is 0.267. The molecule has 0 N–H and O–H groups in total. The van der Waals surface area contributed by atoms with Crippen molar-refractivity contribution in [2.75, 3.05) is 52.2 Å². The van der Waals surface area contributed by atoms with E-state index in [-0.39, 0.29) is 5.75 Å². The van der Waals surface area contributed by atoms with Gasteiger partial charge in [0.25, 0.3) is 0 Å². The van der Waals surface area contributed by atoms with Gasteiger partial charge in [-0.1, -0.05) is 13.3 Å². The minimum atomic E-state index is -3.05. The zero-order chi connectivity index (χ0) is 12.7. The van der Waals surface area contributed by atoms with Crippen molar-refractivity contribution >= 4 is 10.0 Å². The van der Waals surface area contributed by atoms with E-state index in [9.17, 15) is 8.42 Å². The molecule has 1 rings (SSSR count). The van der Waals surface area contributed by atoms with Crippen LogP contribution in [0.3, 0.4) is 0 Å². The smallest absolute Gasteiger partial charge is 0.213 e. The number of nitrogens with zero attached hydrogens (tertiary/aromatic N) is 2. The van der Waals surface area contributed by atoms with Crippen LogP contribution in [0.4, 0.5) is 0 Å². The summed E-state index contributed by atoms with van der Waals surface area (Å²) in [5, 5.41) is 0. The molecule has 0 aromatic rings. The highest BCUT2D eigenvalue weighted by molar-refractivity contribution is 7.89. The summed E-state index contributed by atoms with van der Waals surface area (Å²) >= 11 is 0. The summed E-state index contributed by atoms with van der Waals surface area (Å²) in [5.41, 5.74) is 0. The Kier molecular flexibility index (Phi) is 6.40. The van der Waals surface area contributed by atoms with E-state index in [0.717, 1.165) is 45.7 Å². The monoisotopic (exact) mass is 264 g/mol. The van der Waals surface area contributed by atoms with E-state index in [2.05, 4.69) is 4.90 Å². The number of sulfonamides is 1. The Morgan fingerprint density at radius 1 is 1.29 bits per heavy atom. The van der Waals surface area contributed by atoms with Gasteiger partial charge in [-0.15, -0.1) is 0 Å². The first-order valence-corrected chi connectivity index (χ1v) is 7.91. The van der Waals surface area contributed by atoms with E-state index >= 15 is 0 Å². The van der Waals surface area contributed by atoms with Gasteiger partial charge < -0.3 is 4.74 Å². The van der Waals surface area contributed by atoms with E-state index in [1.165, 1.54) is 4.31 Å². The van der Waals surface area contributed by atoms with Crippen molar-refractivity contribution in [1.82, 2.24) is 9.21 Å². The highest BCUT2D eigenvalue weighted by atomic mass is 32.2. The van der Waals surface area contributed by atoms with Crippen LogP contribution in [0.5, 0.6) is 0 Å². The fourth-order valence-corrected chi connectivity index (χ4v) is 3.05. The van der Waals surface area contributed by atoms with E-state index in [4.69, 9.17) is 4.74 Å². The van der Waals surface area contributed by atoms with Gasteiger partial charge in [0, 0.05) is 33.2 Å². The molecule has 0 amide bonds. The van der Waals surface area contributed by atoms with E-state index in [0.29, 0.717) is 6.54 Å². The van der Waals surface area contributed by atoms with Crippen LogP contribution in [0.15, 0.2) is 0 Å². The molecule has 5 nitrogen and oxygen atoms in total. The van der Waals surface area contributed by atoms with Crippen LogP contribution in [0.25, 0.3) is 0 Å². The fourth-order valence-electron chi connectivity index (χ4n) is 1.73. The topological polar surface area (TPSA) is 49.9 Å². The lowest BCUT2D eigenvalue weighted by Gasteiger charge is -2.28. The Morgan fingerprint density at radius 3 is 2.53 bits per heavy atom. The second-order valence-corrected chi connectivity index (χ2v) is 6.64. The molecule has 1 saturated heterocycles. The quantitative estimate of drug-likeness (QED) is 0.667. The molecule has 1 aliphatic heterocycles. The van der Waals surface area contributed by atoms with Crippen LogP contribution >= 0.6 is 0 Å². The molecular formula is C11H24N2O3S. The molecule has 0 radical (unpaired) electrons. The standard InChI is InChI=1S/C11H24N2O3S/c1-3-4-11-17(14,15)12(2)5-6-13-7-9-16-10-8-13/h3-11H2,1-2H3. The second kappa shape index (κ2) is 7.31. The SMILES string of the molecule is CCCCS(=O)(=O)N(C)CCN1CCOCC1. The fraction of sp³-hybridized carbons (Fsp3) is 1.00. The summed E-state index contributed by atoms with van der Waals surface area (Å²) in [4.78, 5) is 2.25. The maximum Gasteiger partial charge on any atom is 0.213 e. The van der Waals surface area contributed by atoms with Crippen LogP contribution in [0.2, 0.25) is 0 Å². The summed E-state index contributed by atoms with van der Waals surface area (Å²) < 4.78 is 30.4. The minimum Gasteiger partial charge on any atom is -0.379 e. The number of ether oxygens (including phenoxy) is 1. The number of likely N-dealkylation sites (N-methyl/N-ethyl adjacent to an activating group) is 1. The normalized spacial score (nSPS) is 18.8. The first-order valence-electron chi connectivity index (χ1n) is 6.30. The summed E-state index contributed by atoms with van der Waals surface area (Å²) in [7, 11) is -1.38. The van der Waals surface area contributed by atoms with Crippen molar-refractivity contribution in [1.29, 1.82) is 0 Å². The van der Waals surface area contributed by atoms with Gasteiger partial charge in [0.1, 0.15) is 0 Å². The zero-order valence-electron chi connectivity index (χ0n) is 10.9. The summed E-state index contributed by atoms with van der Waals surface area (Å²) in [5.74, 6) is 0.267. The average Bonchev–Trinajstić information content (AvgIpc) is 2.34. The van der Waals surface area contributed by atoms with Gasteiger partial charge in [-0.3, -0.25) is 4.90 Å². The lowest BCUT2D eigenvalue weighted by molar-refractivity contribution is 0.0368. The maximum absolute atomic E-state index is 11.8. The van der Waals surface area contributed by atoms with Gasteiger partial charge in [-0.05, 0) is 6.42 Å². The predicted molar refractivity (Wildman–Crippen MR) is 68.6 cm³/mol. The lowest BCUT2D eigenvalue weighted by Crippen LogP contribution is -2.42. The van der Waals surface area contributed by atoms with Gasteiger partial charge in [0.2, 0.25) is 10.0 Å². The van der Waals surface area contributed by atoms with Crippen LogP contribution in [-0.2, 0) is 14.8 Å². The molecule has 0 aliphatic carbocycles. The molecule has 0 unspecified atom stereocenters. The lowest BCUT2D eigenvalue weighted by atomic mass is 10.4. The van der Waals surface area contributed by atoms with Crippen molar-refractivity contribution in [2.45, 2.75) is 19.8 Å². The molecule has 0 atom stereocenters. The number of unbranched alkanes of at least 4 members (excludes halogenated alkanes) is 1. The molecule has 17 heavy (non-hydrogen) atoms. The van der Waals surface area contributed by atoms with Crippen molar-refractivity contribution < 1.29 is 13.2 Å². The third-order valence-electron chi connectivity index (χ3n) is 3.07. The Labute approximate surface area is 105 Å². The first-order chi connectivity index (χ1) is 8.06. The molecule has 6 heteroatoms. The van der Waals surface area contributed by atoms with Crippen molar-refractivity contribution in [3.8, 4) is 0 Å². The molecular weight excluding hydrogens is 240 g/mol. The molecule has 102 valence electrons. The van der Waals surface area contributed by atoms with Crippen molar-refractivity contribution in [3.05, 3.63) is 0 Å². The van der Waals surface area contributed by atoms with Gasteiger partial charge in [-0.25, -0.2) is 12.7 Å². The Morgan fingerprint density at radius 2 is 1.94 bits per heavy atom. The summed E-state index contributed by atoms with van der Waals surface area (Å²) in [6.07, 6.45) is 1.65. The molecule has 0 aromatic carbocycles. The van der Waals surface area contributed by atoms with E-state index in [1.54, 1.807) is 7.05 Å². The largest absolute Gasteiger partial charge is 0.379 e. The van der Waals surface area contributed by atoms with Gasteiger partial charge >= 0.3 is 0 Å². The molecule has 1 fully saturated rings. The van der Waals surface area contributed by atoms with E-state index in [1.807, 2.05) is 6.92 Å². The Bertz CT molecular complexity index is 300. The average molecular weight is 264 g/mol. The van der Waals surface area contributed by atoms with E-state index < -0.39 is 10.0 Å². The van der Waals surface area contributed by atoms with Crippen LogP contribution in [0, 0.1) is 0 Å². The number of hydrogen-bond donors (Lipinski definition) is 0. The summed E-state index contributed by atoms with van der Waals surface area (Å²) in [6, 6.07) is 0. The van der Waals surface area contributed by atoms with Gasteiger partial charge in [-0.2, -0.15) is 0 Å². The predicted octanol–water partition coefficient (Wildman–Crippen LogP) is 0.380. The van der Waals surface area contributed by atoms with Crippen molar-refractivity contribution in [3.63, 3.8) is 0 Å². The Balaban J connectivity index is 2.29. The molecule has 0 aromatic heterocycles. The van der Waals surface area contributed by atoms with Gasteiger partial charge in [0.15, 0.2) is 0 Å². The van der Waals surface area contributed by atoms with Gasteiger partial charge in [0.05, 0.1) is 19.0 Å². The highest BCUT2D eigenvalue weighted by Crippen LogP contribution is 2.03. The number of hydrogen-bond acceptors (Lipinski definition) is 4. The zero-order valence-corrected chi connectivity index (χ0v) is 11.7. The third-order valence-corrected chi connectivity index (χ3v) is 5.00. The molecule has 1 heterocycles. The number of rotatable bonds is 7. The first kappa shape index (κ1) is 14.9. The second-order valence-electron chi connectivity index (χ2n) is 4.45. The maximum atomic E-state index is 11.8. The number of morpholine rings is 1. The summed E-state index contributed by atoms with van der Waals surface area (Å²) in [6.45, 7) is 6.70. The molecule has 0 spiro atoms. The molecule has 0 bridgehead atoms. The van der Waals surface area contributed by atoms with Crippen LogP contribution in [0.1, 0.15) is 19.8 Å².